The third kappa shape index (κ3) is 3.46. The number of likely N-dealkylation sites (N-methyl/N-ethyl adjacent to an activating group) is 1. The van der Waals surface area contributed by atoms with Crippen LogP contribution in [0, 0.1) is 11.6 Å². The van der Waals surface area contributed by atoms with Crippen LogP contribution in [0.2, 0.25) is 0 Å². The molecule has 0 heterocycles. The predicted molar refractivity (Wildman–Crippen MR) is 83.4 cm³/mol. The molecular formula is C16H22BrF2NO. The highest BCUT2D eigenvalue weighted by molar-refractivity contribution is 9.10. The van der Waals surface area contributed by atoms with Gasteiger partial charge in [0.15, 0.2) is 0 Å². The number of hydrogen-bond donors (Lipinski definition) is 1. The van der Waals surface area contributed by atoms with E-state index < -0.39 is 11.6 Å². The lowest BCUT2D eigenvalue weighted by Crippen LogP contribution is -2.51. The minimum atomic E-state index is -0.514. The summed E-state index contributed by atoms with van der Waals surface area (Å²) in [6, 6.07) is 2.60. The molecule has 0 spiro atoms. The first-order valence-electron chi connectivity index (χ1n) is 7.47. The molecule has 0 aromatic heterocycles. The fourth-order valence-electron chi connectivity index (χ4n) is 3.37. The molecule has 1 aliphatic carbocycles. The average Bonchev–Trinajstić information content (AvgIpc) is 2.93. The lowest BCUT2D eigenvalue weighted by Gasteiger charge is -2.37. The molecule has 1 atom stereocenters. The number of ether oxygens (including phenoxy) is 1. The van der Waals surface area contributed by atoms with E-state index in [2.05, 4.69) is 21.2 Å². The Bertz CT molecular complexity index is 489. The van der Waals surface area contributed by atoms with Gasteiger partial charge in [-0.1, -0.05) is 12.8 Å². The van der Waals surface area contributed by atoms with E-state index in [-0.39, 0.29) is 23.6 Å². The van der Waals surface area contributed by atoms with Gasteiger partial charge in [-0.25, -0.2) is 8.78 Å². The summed E-state index contributed by atoms with van der Waals surface area (Å²) < 4.78 is 34.5. The average molecular weight is 362 g/mol. The highest BCUT2D eigenvalue weighted by atomic mass is 79.9. The quantitative estimate of drug-likeness (QED) is 0.766. The molecule has 0 saturated heterocycles. The molecule has 5 heteroatoms. The van der Waals surface area contributed by atoms with E-state index in [0.29, 0.717) is 11.1 Å². The fraction of sp³-hybridized carbons (Fsp3) is 0.625. The van der Waals surface area contributed by atoms with Crippen LogP contribution in [0.15, 0.2) is 16.6 Å². The molecule has 1 aromatic carbocycles. The molecule has 1 unspecified atom stereocenters. The zero-order chi connectivity index (χ0) is 15.5. The molecule has 0 aliphatic heterocycles. The Morgan fingerprint density at radius 2 is 2.00 bits per heavy atom. The monoisotopic (exact) mass is 361 g/mol. The Labute approximate surface area is 133 Å². The zero-order valence-corrected chi connectivity index (χ0v) is 14.1. The third-order valence-electron chi connectivity index (χ3n) is 4.41. The van der Waals surface area contributed by atoms with Crippen molar-refractivity contribution in [2.24, 2.45) is 0 Å². The van der Waals surface area contributed by atoms with Gasteiger partial charge in [-0.15, -0.1) is 0 Å². The molecule has 1 aliphatic rings. The van der Waals surface area contributed by atoms with Gasteiger partial charge in [-0.05, 0) is 61.3 Å². The Morgan fingerprint density at radius 1 is 1.33 bits per heavy atom. The van der Waals surface area contributed by atoms with Crippen molar-refractivity contribution in [2.45, 2.75) is 50.7 Å². The standard InChI is InChI=1S/C16H22BrF2NO/c1-3-21-16(8-4-5-9-16)14(20-2)10-11-13(18)7-6-12(17)15(11)19/h6-7,14,20H,3-5,8-10H2,1-2H3. The smallest absolute Gasteiger partial charge is 0.143 e. The maximum absolute atomic E-state index is 14.2. The van der Waals surface area contributed by atoms with Gasteiger partial charge >= 0.3 is 0 Å². The Hall–Kier alpha value is -0.520. The molecule has 0 bridgehead atoms. The second-order valence-electron chi connectivity index (χ2n) is 5.57. The van der Waals surface area contributed by atoms with E-state index >= 15 is 0 Å². The van der Waals surface area contributed by atoms with E-state index in [1.54, 1.807) is 0 Å². The van der Waals surface area contributed by atoms with Gasteiger partial charge in [0.25, 0.3) is 0 Å². The van der Waals surface area contributed by atoms with Gasteiger partial charge in [0.05, 0.1) is 10.1 Å². The minimum absolute atomic E-state index is 0.0988. The maximum atomic E-state index is 14.2. The summed E-state index contributed by atoms with van der Waals surface area (Å²) in [6.07, 6.45) is 4.35. The highest BCUT2D eigenvalue weighted by Gasteiger charge is 2.42. The molecule has 1 saturated carbocycles. The number of nitrogens with one attached hydrogen (secondary N) is 1. The number of halogens is 3. The van der Waals surface area contributed by atoms with Crippen molar-refractivity contribution in [3.63, 3.8) is 0 Å². The van der Waals surface area contributed by atoms with Crippen LogP contribution in [0.3, 0.4) is 0 Å². The van der Waals surface area contributed by atoms with Gasteiger partial charge in [0.2, 0.25) is 0 Å². The summed E-state index contributed by atoms with van der Waals surface area (Å²) in [4.78, 5) is 0. The molecule has 0 amide bonds. The summed E-state index contributed by atoms with van der Waals surface area (Å²) in [5.74, 6) is -1.01. The molecule has 118 valence electrons. The highest BCUT2D eigenvalue weighted by Crippen LogP contribution is 2.38. The first-order chi connectivity index (χ1) is 10.0. The van der Waals surface area contributed by atoms with E-state index in [9.17, 15) is 8.78 Å². The Morgan fingerprint density at radius 3 is 2.57 bits per heavy atom. The van der Waals surface area contributed by atoms with Crippen LogP contribution < -0.4 is 5.32 Å². The van der Waals surface area contributed by atoms with Crippen molar-refractivity contribution >= 4 is 15.9 Å². The van der Waals surface area contributed by atoms with Gasteiger partial charge in [-0.3, -0.25) is 0 Å². The molecule has 21 heavy (non-hydrogen) atoms. The van der Waals surface area contributed by atoms with Crippen molar-refractivity contribution in [1.29, 1.82) is 0 Å². The normalized spacial score (nSPS) is 18.9. The SMILES string of the molecule is CCOC1(C(Cc2c(F)ccc(Br)c2F)NC)CCCC1. The molecule has 1 aromatic rings. The van der Waals surface area contributed by atoms with Gasteiger partial charge in [-0.2, -0.15) is 0 Å². The first kappa shape index (κ1) is 16.8. The molecule has 0 radical (unpaired) electrons. The van der Waals surface area contributed by atoms with Crippen molar-refractivity contribution < 1.29 is 13.5 Å². The first-order valence-corrected chi connectivity index (χ1v) is 8.27. The van der Waals surface area contributed by atoms with E-state index in [4.69, 9.17) is 4.74 Å². The van der Waals surface area contributed by atoms with Crippen LogP contribution in [-0.2, 0) is 11.2 Å². The van der Waals surface area contributed by atoms with Gasteiger partial charge in [0, 0.05) is 18.2 Å². The number of rotatable bonds is 6. The van der Waals surface area contributed by atoms with Gasteiger partial charge in [0.1, 0.15) is 11.6 Å². The summed E-state index contributed by atoms with van der Waals surface area (Å²) in [6.45, 7) is 2.58. The Balaban J connectivity index is 2.28. The largest absolute Gasteiger partial charge is 0.374 e. The van der Waals surface area contributed by atoms with Gasteiger partial charge < -0.3 is 10.1 Å². The van der Waals surface area contributed by atoms with Crippen LogP contribution in [-0.4, -0.2) is 25.3 Å². The van der Waals surface area contributed by atoms with E-state index in [0.717, 1.165) is 25.7 Å². The molecule has 1 fully saturated rings. The van der Waals surface area contributed by atoms with E-state index in [1.807, 2.05) is 14.0 Å². The van der Waals surface area contributed by atoms with Crippen molar-refractivity contribution in [3.8, 4) is 0 Å². The third-order valence-corrected chi connectivity index (χ3v) is 5.02. The lowest BCUT2D eigenvalue weighted by molar-refractivity contribution is -0.0599. The van der Waals surface area contributed by atoms with E-state index in [1.165, 1.54) is 12.1 Å². The second kappa shape index (κ2) is 7.16. The fourth-order valence-corrected chi connectivity index (χ4v) is 3.74. The topological polar surface area (TPSA) is 21.3 Å². The summed E-state index contributed by atoms with van der Waals surface area (Å²) in [5.41, 5.74) is -0.195. The van der Waals surface area contributed by atoms with Crippen LogP contribution >= 0.6 is 15.9 Å². The Kier molecular flexibility index (Phi) is 5.74. The van der Waals surface area contributed by atoms with Crippen molar-refractivity contribution in [1.82, 2.24) is 5.32 Å². The van der Waals surface area contributed by atoms with Crippen LogP contribution in [0.5, 0.6) is 0 Å². The van der Waals surface area contributed by atoms with Crippen LogP contribution in [0.4, 0.5) is 8.78 Å². The second-order valence-corrected chi connectivity index (χ2v) is 6.43. The van der Waals surface area contributed by atoms with Crippen LogP contribution in [0.25, 0.3) is 0 Å². The maximum Gasteiger partial charge on any atom is 0.143 e. The van der Waals surface area contributed by atoms with Crippen molar-refractivity contribution in [2.75, 3.05) is 13.7 Å². The zero-order valence-electron chi connectivity index (χ0n) is 12.5. The molecule has 2 nitrogen and oxygen atoms in total. The molecular weight excluding hydrogens is 340 g/mol. The summed E-state index contributed by atoms with van der Waals surface area (Å²) in [7, 11) is 1.83. The van der Waals surface area contributed by atoms with Crippen molar-refractivity contribution in [3.05, 3.63) is 33.8 Å². The predicted octanol–water partition coefficient (Wildman–Crippen LogP) is 4.21. The summed E-state index contributed by atoms with van der Waals surface area (Å²) >= 11 is 3.13. The molecule has 1 N–H and O–H groups in total. The minimum Gasteiger partial charge on any atom is -0.374 e. The number of benzene rings is 1. The van der Waals surface area contributed by atoms with Crippen LogP contribution in [0.1, 0.15) is 38.2 Å². The molecule has 2 rings (SSSR count). The summed E-state index contributed by atoms with van der Waals surface area (Å²) in [5, 5.41) is 3.22. The lowest BCUT2D eigenvalue weighted by atomic mass is 9.87. The number of hydrogen-bond acceptors (Lipinski definition) is 2.